The van der Waals surface area contributed by atoms with Gasteiger partial charge in [-0.15, -0.1) is 0 Å². The van der Waals surface area contributed by atoms with Crippen molar-refractivity contribution in [1.82, 2.24) is 14.7 Å². The van der Waals surface area contributed by atoms with Crippen molar-refractivity contribution in [3.8, 4) is 22.8 Å². The molecule has 1 aromatic carbocycles. The SMILES string of the molecule is CCOc1cc(-c2cc(=O)n3cc(N4CCN[C@@H](C)C4)ccc3n2)ccc1OC. The Hall–Kier alpha value is -3.06. The molecule has 0 bridgehead atoms. The molecule has 152 valence electrons. The minimum absolute atomic E-state index is 0.108. The molecule has 0 spiro atoms. The number of nitrogens with one attached hydrogen (secondary N) is 1. The molecule has 29 heavy (non-hydrogen) atoms. The van der Waals surface area contributed by atoms with E-state index in [9.17, 15) is 4.79 Å². The minimum atomic E-state index is -0.108. The molecule has 1 atom stereocenters. The number of hydrogen-bond acceptors (Lipinski definition) is 6. The van der Waals surface area contributed by atoms with E-state index in [1.54, 1.807) is 17.6 Å². The lowest BCUT2D eigenvalue weighted by atomic mass is 10.1. The Labute approximate surface area is 169 Å². The van der Waals surface area contributed by atoms with Crippen molar-refractivity contribution in [2.45, 2.75) is 19.9 Å². The number of ether oxygens (including phenoxy) is 2. The van der Waals surface area contributed by atoms with Crippen LogP contribution < -0.4 is 25.2 Å². The molecule has 0 aliphatic carbocycles. The number of methoxy groups -OCH3 is 1. The van der Waals surface area contributed by atoms with E-state index in [0.717, 1.165) is 30.9 Å². The van der Waals surface area contributed by atoms with Gasteiger partial charge in [0, 0.05) is 43.5 Å². The first-order chi connectivity index (χ1) is 14.1. The van der Waals surface area contributed by atoms with Gasteiger partial charge in [-0.05, 0) is 44.2 Å². The average molecular weight is 394 g/mol. The second kappa shape index (κ2) is 8.13. The molecule has 0 unspecified atom stereocenters. The van der Waals surface area contributed by atoms with Crippen LogP contribution in [0.3, 0.4) is 0 Å². The van der Waals surface area contributed by atoms with Crippen LogP contribution in [0.2, 0.25) is 0 Å². The lowest BCUT2D eigenvalue weighted by Crippen LogP contribution is -2.49. The molecule has 1 aliphatic heterocycles. The zero-order chi connectivity index (χ0) is 20.4. The van der Waals surface area contributed by atoms with E-state index < -0.39 is 0 Å². The van der Waals surface area contributed by atoms with Gasteiger partial charge in [0.15, 0.2) is 11.5 Å². The first-order valence-electron chi connectivity index (χ1n) is 9.92. The van der Waals surface area contributed by atoms with Gasteiger partial charge in [0.2, 0.25) is 0 Å². The van der Waals surface area contributed by atoms with E-state index in [4.69, 9.17) is 14.5 Å². The van der Waals surface area contributed by atoms with E-state index in [1.807, 2.05) is 43.5 Å². The van der Waals surface area contributed by atoms with Crippen LogP contribution in [-0.2, 0) is 0 Å². The topological polar surface area (TPSA) is 68.1 Å². The number of benzene rings is 1. The molecular formula is C22H26N4O3. The number of nitrogens with zero attached hydrogens (tertiary/aromatic N) is 3. The van der Waals surface area contributed by atoms with Crippen LogP contribution >= 0.6 is 0 Å². The van der Waals surface area contributed by atoms with Crippen LogP contribution in [0.15, 0.2) is 47.4 Å². The molecule has 7 nitrogen and oxygen atoms in total. The summed E-state index contributed by atoms with van der Waals surface area (Å²) in [6, 6.07) is 11.5. The third-order valence-corrected chi connectivity index (χ3v) is 5.14. The summed E-state index contributed by atoms with van der Waals surface area (Å²) in [5.74, 6) is 1.29. The van der Waals surface area contributed by atoms with Crippen molar-refractivity contribution in [2.75, 3.05) is 38.3 Å². The van der Waals surface area contributed by atoms with Crippen molar-refractivity contribution < 1.29 is 9.47 Å². The lowest BCUT2D eigenvalue weighted by Gasteiger charge is -2.33. The molecule has 0 saturated carbocycles. The van der Waals surface area contributed by atoms with Crippen molar-refractivity contribution in [2.24, 2.45) is 0 Å². The summed E-state index contributed by atoms with van der Waals surface area (Å²) in [5, 5.41) is 3.44. The molecule has 0 radical (unpaired) electrons. The Balaban J connectivity index is 1.72. The summed E-state index contributed by atoms with van der Waals surface area (Å²) in [4.78, 5) is 19.8. The Morgan fingerprint density at radius 1 is 1.21 bits per heavy atom. The zero-order valence-corrected chi connectivity index (χ0v) is 17.0. The highest BCUT2D eigenvalue weighted by Crippen LogP contribution is 2.31. The summed E-state index contributed by atoms with van der Waals surface area (Å²) in [6.07, 6.45) is 1.88. The monoisotopic (exact) mass is 394 g/mol. The molecule has 1 N–H and O–H groups in total. The summed E-state index contributed by atoms with van der Waals surface area (Å²) in [6.45, 7) is 7.38. The fraction of sp³-hybridized carbons (Fsp3) is 0.364. The quantitative estimate of drug-likeness (QED) is 0.717. The molecular weight excluding hydrogens is 368 g/mol. The Morgan fingerprint density at radius 3 is 2.83 bits per heavy atom. The van der Waals surface area contributed by atoms with Crippen LogP contribution in [0.5, 0.6) is 11.5 Å². The standard InChI is InChI=1S/C22H26N4O3/c1-4-29-20-11-16(5-7-19(20)28-3)18-12-22(27)26-14-17(6-8-21(26)24-18)25-10-9-23-15(2)13-25/h5-8,11-12,14-15,23H,4,9-10,13H2,1-3H3/t15-/m0/s1. The van der Waals surface area contributed by atoms with E-state index in [-0.39, 0.29) is 5.56 Å². The summed E-state index contributed by atoms with van der Waals surface area (Å²) < 4.78 is 12.6. The summed E-state index contributed by atoms with van der Waals surface area (Å²) in [7, 11) is 1.61. The van der Waals surface area contributed by atoms with Gasteiger partial charge in [0.05, 0.1) is 25.1 Å². The number of anilines is 1. The summed E-state index contributed by atoms with van der Waals surface area (Å²) in [5.41, 5.74) is 2.97. The molecule has 3 heterocycles. The van der Waals surface area contributed by atoms with Gasteiger partial charge in [-0.1, -0.05) is 0 Å². The van der Waals surface area contributed by atoms with Gasteiger partial charge in [-0.3, -0.25) is 9.20 Å². The zero-order valence-electron chi connectivity index (χ0n) is 17.0. The highest BCUT2D eigenvalue weighted by molar-refractivity contribution is 5.66. The third-order valence-electron chi connectivity index (χ3n) is 5.14. The Morgan fingerprint density at radius 2 is 2.07 bits per heavy atom. The van der Waals surface area contributed by atoms with E-state index in [0.29, 0.717) is 35.5 Å². The maximum atomic E-state index is 12.8. The third kappa shape index (κ3) is 3.91. The van der Waals surface area contributed by atoms with Crippen molar-refractivity contribution in [3.05, 3.63) is 52.9 Å². The van der Waals surface area contributed by atoms with Gasteiger partial charge in [-0.2, -0.15) is 0 Å². The van der Waals surface area contributed by atoms with Crippen LogP contribution in [0.4, 0.5) is 5.69 Å². The number of piperazine rings is 1. The number of fused-ring (bicyclic) bond motifs is 1. The number of pyridine rings is 1. The normalized spacial score (nSPS) is 16.8. The number of rotatable bonds is 5. The van der Waals surface area contributed by atoms with Crippen LogP contribution in [0.25, 0.3) is 16.9 Å². The largest absolute Gasteiger partial charge is 0.493 e. The van der Waals surface area contributed by atoms with E-state index in [1.165, 1.54) is 0 Å². The van der Waals surface area contributed by atoms with Gasteiger partial charge in [0.1, 0.15) is 5.65 Å². The van der Waals surface area contributed by atoms with Gasteiger partial charge in [-0.25, -0.2) is 4.98 Å². The second-order valence-corrected chi connectivity index (χ2v) is 7.19. The maximum absolute atomic E-state index is 12.8. The highest BCUT2D eigenvalue weighted by atomic mass is 16.5. The second-order valence-electron chi connectivity index (χ2n) is 7.19. The fourth-order valence-corrected chi connectivity index (χ4v) is 3.70. The Kier molecular flexibility index (Phi) is 5.40. The van der Waals surface area contributed by atoms with Gasteiger partial charge >= 0.3 is 0 Å². The first-order valence-corrected chi connectivity index (χ1v) is 9.92. The maximum Gasteiger partial charge on any atom is 0.258 e. The molecule has 2 aromatic heterocycles. The first kappa shape index (κ1) is 19.3. The molecule has 1 fully saturated rings. The predicted molar refractivity (Wildman–Crippen MR) is 114 cm³/mol. The van der Waals surface area contributed by atoms with Crippen molar-refractivity contribution in [3.63, 3.8) is 0 Å². The molecule has 1 aliphatic rings. The molecule has 0 amide bonds. The molecule has 1 saturated heterocycles. The smallest absolute Gasteiger partial charge is 0.258 e. The number of hydrogen-bond donors (Lipinski definition) is 1. The minimum Gasteiger partial charge on any atom is -0.493 e. The fourth-order valence-electron chi connectivity index (χ4n) is 3.70. The Bertz CT molecular complexity index is 1080. The van der Waals surface area contributed by atoms with E-state index in [2.05, 4.69) is 17.1 Å². The van der Waals surface area contributed by atoms with Crippen LogP contribution in [-0.4, -0.2) is 48.8 Å². The van der Waals surface area contributed by atoms with Crippen LogP contribution in [0.1, 0.15) is 13.8 Å². The number of aromatic nitrogens is 2. The molecule has 4 rings (SSSR count). The van der Waals surface area contributed by atoms with Gasteiger partial charge < -0.3 is 19.7 Å². The van der Waals surface area contributed by atoms with Crippen molar-refractivity contribution in [1.29, 1.82) is 0 Å². The van der Waals surface area contributed by atoms with E-state index >= 15 is 0 Å². The van der Waals surface area contributed by atoms with Crippen molar-refractivity contribution >= 4 is 11.3 Å². The lowest BCUT2D eigenvalue weighted by molar-refractivity contribution is 0.311. The predicted octanol–water partition coefficient (Wildman–Crippen LogP) is 2.57. The molecule has 7 heteroatoms. The van der Waals surface area contributed by atoms with Gasteiger partial charge in [0.25, 0.3) is 5.56 Å². The highest BCUT2D eigenvalue weighted by Gasteiger charge is 2.17. The molecule has 3 aromatic rings. The summed E-state index contributed by atoms with van der Waals surface area (Å²) >= 11 is 0. The average Bonchev–Trinajstić information content (AvgIpc) is 2.73. The van der Waals surface area contributed by atoms with Crippen LogP contribution in [0, 0.1) is 0 Å².